The molecule has 1 aliphatic heterocycles. The molecule has 3 rings (SSSR count). The van der Waals surface area contributed by atoms with E-state index in [1.165, 1.54) is 31.1 Å². The number of ether oxygens (including phenoxy) is 3. The molecular weight excluding hydrogens is 372 g/mol. The summed E-state index contributed by atoms with van der Waals surface area (Å²) in [7, 11) is -2.21. The lowest BCUT2D eigenvalue weighted by Crippen LogP contribution is -2.37. The summed E-state index contributed by atoms with van der Waals surface area (Å²) in [4.78, 5) is 13.5. The van der Waals surface area contributed by atoms with Crippen LogP contribution in [0.15, 0.2) is 47.4 Å². The van der Waals surface area contributed by atoms with Crippen molar-refractivity contribution in [3.8, 4) is 17.2 Å². The fourth-order valence-corrected chi connectivity index (χ4v) is 3.70. The van der Waals surface area contributed by atoms with Crippen LogP contribution >= 0.6 is 0 Å². The van der Waals surface area contributed by atoms with Gasteiger partial charge in [-0.15, -0.1) is 0 Å². The highest BCUT2D eigenvalue weighted by Crippen LogP contribution is 2.33. The number of hydrogen-bond donors (Lipinski definition) is 1. The van der Waals surface area contributed by atoms with Crippen molar-refractivity contribution in [2.75, 3.05) is 31.9 Å². The van der Waals surface area contributed by atoms with Crippen LogP contribution in [0.2, 0.25) is 0 Å². The zero-order valence-corrected chi connectivity index (χ0v) is 15.8. The number of carbonyl (C=O) groups is 1. The first-order valence-electron chi connectivity index (χ1n) is 8.22. The molecule has 0 aromatic heterocycles. The number of anilines is 1. The van der Waals surface area contributed by atoms with Crippen LogP contribution in [0.3, 0.4) is 0 Å². The summed E-state index contributed by atoms with van der Waals surface area (Å²) in [5.74, 6) is 1.31. The molecule has 2 aromatic rings. The zero-order valence-electron chi connectivity index (χ0n) is 15.0. The lowest BCUT2D eigenvalue weighted by molar-refractivity contribution is -0.116. The first-order valence-corrected chi connectivity index (χ1v) is 9.70. The van der Waals surface area contributed by atoms with Gasteiger partial charge in [-0.3, -0.25) is 4.79 Å². The van der Waals surface area contributed by atoms with E-state index in [1.54, 1.807) is 30.3 Å². The molecular formula is C18H20N2O6S. The molecule has 8 nitrogen and oxygen atoms in total. The number of carbonyl (C=O) groups excluding carboxylic acids is 1. The number of methoxy groups -OCH3 is 1. The number of hydrogen-bond acceptors (Lipinski definition) is 6. The average molecular weight is 392 g/mol. The molecule has 0 saturated heterocycles. The molecule has 0 bridgehead atoms. The smallest absolute Gasteiger partial charge is 0.240 e. The van der Waals surface area contributed by atoms with Gasteiger partial charge in [-0.05, 0) is 24.3 Å². The Bertz CT molecular complexity index is 945. The molecule has 1 amide bonds. The normalized spacial score (nSPS) is 12.7. The monoisotopic (exact) mass is 392 g/mol. The summed E-state index contributed by atoms with van der Waals surface area (Å²) in [5, 5.41) is 0. The number of rotatable bonds is 7. The number of nitrogens with zero attached hydrogens (tertiary/aromatic N) is 1. The highest BCUT2D eigenvalue weighted by Gasteiger charge is 2.21. The molecule has 1 N–H and O–H groups in total. The molecule has 1 aliphatic rings. The van der Waals surface area contributed by atoms with Gasteiger partial charge in [0.25, 0.3) is 0 Å². The number of benzene rings is 2. The van der Waals surface area contributed by atoms with Crippen LogP contribution in [0.5, 0.6) is 17.2 Å². The Labute approximate surface area is 157 Å². The molecule has 0 spiro atoms. The van der Waals surface area contributed by atoms with Crippen molar-refractivity contribution in [3.63, 3.8) is 0 Å². The van der Waals surface area contributed by atoms with Crippen molar-refractivity contribution < 1.29 is 27.4 Å². The van der Waals surface area contributed by atoms with Crippen LogP contribution in [0.1, 0.15) is 6.92 Å². The Hall–Kier alpha value is -2.78. The second-order valence-electron chi connectivity index (χ2n) is 5.78. The van der Waals surface area contributed by atoms with Gasteiger partial charge in [0.1, 0.15) is 5.75 Å². The van der Waals surface area contributed by atoms with Gasteiger partial charge in [0.15, 0.2) is 11.5 Å². The number of amides is 1. The van der Waals surface area contributed by atoms with Crippen molar-refractivity contribution in [1.29, 1.82) is 0 Å². The lowest BCUT2D eigenvalue weighted by Gasteiger charge is -2.22. The van der Waals surface area contributed by atoms with E-state index in [2.05, 4.69) is 4.72 Å². The minimum absolute atomic E-state index is 0.0492. The second kappa shape index (κ2) is 7.85. The summed E-state index contributed by atoms with van der Waals surface area (Å²) in [6.45, 7) is 1.71. The lowest BCUT2D eigenvalue weighted by atomic mass is 10.2. The molecule has 0 unspecified atom stereocenters. The molecule has 0 aliphatic carbocycles. The Balaban J connectivity index is 1.68. The largest absolute Gasteiger partial charge is 0.497 e. The van der Waals surface area contributed by atoms with Gasteiger partial charge in [0, 0.05) is 37.8 Å². The van der Waals surface area contributed by atoms with E-state index in [0.29, 0.717) is 22.9 Å². The van der Waals surface area contributed by atoms with Crippen LogP contribution in [0, 0.1) is 0 Å². The first kappa shape index (κ1) is 19.0. The third kappa shape index (κ3) is 4.32. The number of sulfonamides is 1. The highest BCUT2D eigenvalue weighted by atomic mass is 32.2. The molecule has 9 heteroatoms. The van der Waals surface area contributed by atoms with Crippen LogP contribution in [-0.2, 0) is 14.8 Å². The Morgan fingerprint density at radius 3 is 2.70 bits per heavy atom. The van der Waals surface area contributed by atoms with Crippen molar-refractivity contribution in [2.24, 2.45) is 0 Å². The van der Waals surface area contributed by atoms with Crippen molar-refractivity contribution >= 4 is 21.6 Å². The van der Waals surface area contributed by atoms with E-state index < -0.39 is 10.0 Å². The van der Waals surface area contributed by atoms with Crippen LogP contribution in [0.4, 0.5) is 5.69 Å². The molecule has 0 fully saturated rings. The summed E-state index contributed by atoms with van der Waals surface area (Å²) >= 11 is 0. The van der Waals surface area contributed by atoms with E-state index in [9.17, 15) is 13.2 Å². The molecule has 144 valence electrons. The quantitative estimate of drug-likeness (QED) is 0.772. The number of fused-ring (bicyclic) bond motifs is 1. The Morgan fingerprint density at radius 1 is 1.19 bits per heavy atom. The van der Waals surface area contributed by atoms with Gasteiger partial charge in [-0.25, -0.2) is 13.1 Å². The fraction of sp³-hybridized carbons (Fsp3) is 0.278. The Morgan fingerprint density at radius 2 is 1.96 bits per heavy atom. The van der Waals surface area contributed by atoms with Gasteiger partial charge in [-0.2, -0.15) is 0 Å². The fourth-order valence-electron chi connectivity index (χ4n) is 2.67. The van der Waals surface area contributed by atoms with Crippen LogP contribution < -0.4 is 23.8 Å². The molecule has 0 radical (unpaired) electrons. The summed E-state index contributed by atoms with van der Waals surface area (Å²) in [5.41, 5.74) is 0.629. The minimum atomic E-state index is -3.75. The third-order valence-electron chi connectivity index (χ3n) is 4.03. The molecule has 0 atom stereocenters. The second-order valence-corrected chi connectivity index (χ2v) is 7.55. The average Bonchev–Trinajstić information content (AvgIpc) is 3.12. The standard InChI is InChI=1S/C18H20N2O6S/c1-13(21)20(14-4-3-5-15(10-14)24-2)9-8-19-27(22,23)16-6-7-17-18(11-16)26-12-25-17/h3-7,10-11,19H,8-9,12H2,1-2H3. The van der Waals surface area contributed by atoms with E-state index >= 15 is 0 Å². The van der Waals surface area contributed by atoms with Crippen molar-refractivity contribution in [1.82, 2.24) is 4.72 Å². The van der Waals surface area contributed by atoms with Gasteiger partial charge < -0.3 is 19.1 Å². The highest BCUT2D eigenvalue weighted by molar-refractivity contribution is 7.89. The topological polar surface area (TPSA) is 94.2 Å². The molecule has 1 heterocycles. The van der Waals surface area contributed by atoms with Gasteiger partial charge in [-0.1, -0.05) is 6.07 Å². The summed E-state index contributed by atoms with van der Waals surface area (Å²) in [6, 6.07) is 11.4. The predicted molar refractivity (Wildman–Crippen MR) is 98.8 cm³/mol. The molecule has 27 heavy (non-hydrogen) atoms. The zero-order chi connectivity index (χ0) is 19.4. The minimum Gasteiger partial charge on any atom is -0.497 e. The van der Waals surface area contributed by atoms with Crippen molar-refractivity contribution in [3.05, 3.63) is 42.5 Å². The molecule has 2 aromatic carbocycles. The maximum atomic E-state index is 12.5. The van der Waals surface area contributed by atoms with Gasteiger partial charge in [0.2, 0.25) is 22.7 Å². The SMILES string of the molecule is COc1cccc(N(CCNS(=O)(=O)c2ccc3c(c2)OCO3)C(C)=O)c1. The van der Waals surface area contributed by atoms with Crippen molar-refractivity contribution in [2.45, 2.75) is 11.8 Å². The van der Waals surface area contributed by atoms with E-state index in [1.807, 2.05) is 0 Å². The maximum Gasteiger partial charge on any atom is 0.240 e. The van der Waals surface area contributed by atoms with Crippen LogP contribution in [-0.4, -0.2) is 41.3 Å². The summed E-state index contributed by atoms with van der Waals surface area (Å²) < 4.78 is 43.0. The predicted octanol–water partition coefficient (Wildman–Crippen LogP) is 1.76. The van der Waals surface area contributed by atoms with E-state index in [0.717, 1.165) is 0 Å². The van der Waals surface area contributed by atoms with Gasteiger partial charge in [0.05, 0.1) is 12.0 Å². The first-order chi connectivity index (χ1) is 12.9. The van der Waals surface area contributed by atoms with Gasteiger partial charge >= 0.3 is 0 Å². The van der Waals surface area contributed by atoms with E-state index in [4.69, 9.17) is 14.2 Å². The van der Waals surface area contributed by atoms with Crippen LogP contribution in [0.25, 0.3) is 0 Å². The maximum absolute atomic E-state index is 12.5. The number of nitrogens with one attached hydrogen (secondary N) is 1. The Kier molecular flexibility index (Phi) is 5.52. The van der Waals surface area contributed by atoms with E-state index in [-0.39, 0.29) is 30.7 Å². The summed E-state index contributed by atoms with van der Waals surface area (Å²) in [6.07, 6.45) is 0. The molecule has 0 saturated carbocycles. The third-order valence-corrected chi connectivity index (χ3v) is 5.49.